The van der Waals surface area contributed by atoms with Crippen LogP contribution in [0.4, 0.5) is 0 Å². The SMILES string of the molecule is C.C.CCCC(CC)CCC. The highest BCUT2D eigenvalue weighted by Gasteiger charge is 2.01. The normalized spacial score (nSPS) is 8.73. The maximum Gasteiger partial charge on any atom is -0.0417 e. The molecule has 0 N–H and O–H groups in total. The van der Waals surface area contributed by atoms with Crippen molar-refractivity contribution in [2.24, 2.45) is 5.92 Å². The van der Waals surface area contributed by atoms with Gasteiger partial charge in [-0.3, -0.25) is 0 Å². The highest BCUT2D eigenvalue weighted by atomic mass is 14.1. The Morgan fingerprint density at radius 2 is 1.18 bits per heavy atom. The van der Waals surface area contributed by atoms with Crippen molar-refractivity contribution in [2.75, 3.05) is 0 Å². The first-order valence-corrected chi connectivity index (χ1v) is 4.35. The van der Waals surface area contributed by atoms with Gasteiger partial charge in [0, 0.05) is 0 Å². The van der Waals surface area contributed by atoms with Crippen LogP contribution in [0.25, 0.3) is 0 Å². The second-order valence-electron chi connectivity index (χ2n) is 2.85. The van der Waals surface area contributed by atoms with Gasteiger partial charge in [-0.2, -0.15) is 0 Å². The molecule has 0 saturated heterocycles. The quantitative estimate of drug-likeness (QED) is 0.537. The Morgan fingerprint density at radius 3 is 1.36 bits per heavy atom. The van der Waals surface area contributed by atoms with Crippen molar-refractivity contribution >= 4 is 0 Å². The Balaban J connectivity index is -0.000000320. The predicted octanol–water partition coefficient (Wildman–Crippen LogP) is 4.89. The van der Waals surface area contributed by atoms with Gasteiger partial charge in [-0.15, -0.1) is 0 Å². The maximum absolute atomic E-state index is 2.30. The summed E-state index contributed by atoms with van der Waals surface area (Å²) < 4.78 is 0. The molecule has 0 spiro atoms. The van der Waals surface area contributed by atoms with Gasteiger partial charge in [-0.1, -0.05) is 67.7 Å². The van der Waals surface area contributed by atoms with E-state index >= 15 is 0 Å². The fourth-order valence-electron chi connectivity index (χ4n) is 1.37. The van der Waals surface area contributed by atoms with E-state index < -0.39 is 0 Å². The molecule has 0 bridgehead atoms. The van der Waals surface area contributed by atoms with Crippen LogP contribution in [0.2, 0.25) is 0 Å². The van der Waals surface area contributed by atoms with Crippen molar-refractivity contribution in [2.45, 2.75) is 67.7 Å². The molecule has 0 aromatic rings. The number of hydrogen-bond donors (Lipinski definition) is 0. The fourth-order valence-corrected chi connectivity index (χ4v) is 1.37. The minimum absolute atomic E-state index is 0. The van der Waals surface area contributed by atoms with Crippen LogP contribution in [0.1, 0.15) is 67.7 Å². The van der Waals surface area contributed by atoms with Crippen LogP contribution in [0.3, 0.4) is 0 Å². The Bertz CT molecular complexity index is 42.0. The summed E-state index contributed by atoms with van der Waals surface area (Å²) in [6.07, 6.45) is 6.97. The monoisotopic (exact) mass is 160 g/mol. The van der Waals surface area contributed by atoms with Gasteiger partial charge in [0.25, 0.3) is 0 Å². The number of rotatable bonds is 5. The third-order valence-corrected chi connectivity index (χ3v) is 1.97. The zero-order chi connectivity index (χ0) is 7.11. The van der Waals surface area contributed by atoms with E-state index in [1.807, 2.05) is 0 Å². The van der Waals surface area contributed by atoms with E-state index in [9.17, 15) is 0 Å². The lowest BCUT2D eigenvalue weighted by Gasteiger charge is -2.10. The molecule has 0 amide bonds. The van der Waals surface area contributed by atoms with Gasteiger partial charge < -0.3 is 0 Å². The van der Waals surface area contributed by atoms with Gasteiger partial charge in [-0.05, 0) is 5.92 Å². The van der Waals surface area contributed by atoms with Gasteiger partial charge in [0.2, 0.25) is 0 Å². The van der Waals surface area contributed by atoms with Gasteiger partial charge >= 0.3 is 0 Å². The third-order valence-electron chi connectivity index (χ3n) is 1.97. The molecule has 0 rings (SSSR count). The van der Waals surface area contributed by atoms with E-state index in [1.165, 1.54) is 32.1 Å². The zero-order valence-corrected chi connectivity index (χ0v) is 7.11. The average molecular weight is 160 g/mol. The first kappa shape index (κ1) is 17.2. The first-order chi connectivity index (χ1) is 4.35. The zero-order valence-electron chi connectivity index (χ0n) is 7.11. The van der Waals surface area contributed by atoms with Crippen LogP contribution in [0.15, 0.2) is 0 Å². The second kappa shape index (κ2) is 12.7. The summed E-state index contributed by atoms with van der Waals surface area (Å²) in [4.78, 5) is 0. The highest BCUT2D eigenvalue weighted by Crippen LogP contribution is 2.16. The summed E-state index contributed by atoms with van der Waals surface area (Å²) in [5, 5.41) is 0. The molecule has 11 heavy (non-hydrogen) atoms. The Morgan fingerprint density at radius 1 is 0.818 bits per heavy atom. The Hall–Kier alpha value is 0. The van der Waals surface area contributed by atoms with E-state index in [0.717, 1.165) is 5.92 Å². The van der Waals surface area contributed by atoms with Crippen LogP contribution in [0, 0.1) is 5.92 Å². The molecular formula is C11H28. The molecule has 0 atom stereocenters. The molecule has 0 unspecified atom stereocenters. The van der Waals surface area contributed by atoms with Crippen LogP contribution in [0.5, 0.6) is 0 Å². The molecule has 0 aliphatic rings. The minimum atomic E-state index is 0. The van der Waals surface area contributed by atoms with Gasteiger partial charge in [0.05, 0.1) is 0 Å². The molecule has 0 aliphatic heterocycles. The molecule has 72 valence electrons. The largest absolute Gasteiger partial charge is 0.0776 e. The van der Waals surface area contributed by atoms with E-state index in [1.54, 1.807) is 0 Å². The molecule has 0 aromatic heterocycles. The van der Waals surface area contributed by atoms with Crippen molar-refractivity contribution in [3.05, 3.63) is 0 Å². The smallest absolute Gasteiger partial charge is 0.0417 e. The average Bonchev–Trinajstić information content (AvgIpc) is 1.88. The van der Waals surface area contributed by atoms with Gasteiger partial charge in [0.1, 0.15) is 0 Å². The molecule has 0 aliphatic carbocycles. The molecule has 0 heteroatoms. The van der Waals surface area contributed by atoms with Crippen LogP contribution in [-0.4, -0.2) is 0 Å². The molecule has 0 nitrogen and oxygen atoms in total. The lowest BCUT2D eigenvalue weighted by atomic mass is 9.96. The summed E-state index contributed by atoms with van der Waals surface area (Å²) in [5.74, 6) is 1.01. The summed E-state index contributed by atoms with van der Waals surface area (Å²) >= 11 is 0. The lowest BCUT2D eigenvalue weighted by Crippen LogP contribution is -1.96. The summed E-state index contributed by atoms with van der Waals surface area (Å²) in [6, 6.07) is 0. The molecule has 0 aromatic carbocycles. The van der Waals surface area contributed by atoms with E-state index in [-0.39, 0.29) is 14.9 Å². The van der Waals surface area contributed by atoms with E-state index in [2.05, 4.69) is 20.8 Å². The summed E-state index contributed by atoms with van der Waals surface area (Å²) in [5.41, 5.74) is 0. The van der Waals surface area contributed by atoms with Crippen molar-refractivity contribution in [3.8, 4) is 0 Å². The molecular weight excluding hydrogens is 132 g/mol. The number of hydrogen-bond acceptors (Lipinski definition) is 0. The van der Waals surface area contributed by atoms with Gasteiger partial charge in [-0.25, -0.2) is 0 Å². The lowest BCUT2D eigenvalue weighted by molar-refractivity contribution is 0.427. The Kier molecular flexibility index (Phi) is 19.8. The molecule has 0 radical (unpaired) electrons. The van der Waals surface area contributed by atoms with E-state index in [0.29, 0.717) is 0 Å². The van der Waals surface area contributed by atoms with Crippen LogP contribution in [-0.2, 0) is 0 Å². The van der Waals surface area contributed by atoms with Crippen molar-refractivity contribution < 1.29 is 0 Å². The van der Waals surface area contributed by atoms with Crippen molar-refractivity contribution in [1.29, 1.82) is 0 Å². The van der Waals surface area contributed by atoms with Crippen molar-refractivity contribution in [1.82, 2.24) is 0 Å². The summed E-state index contributed by atoms with van der Waals surface area (Å²) in [7, 11) is 0. The first-order valence-electron chi connectivity index (χ1n) is 4.35. The molecule has 0 saturated carbocycles. The van der Waals surface area contributed by atoms with E-state index in [4.69, 9.17) is 0 Å². The standard InChI is InChI=1S/C9H20.2CH4/c1-4-7-9(6-3)8-5-2;;/h9H,4-8H2,1-3H3;2*1H4. The van der Waals surface area contributed by atoms with Crippen LogP contribution >= 0.6 is 0 Å². The topological polar surface area (TPSA) is 0 Å². The van der Waals surface area contributed by atoms with Gasteiger partial charge in [0.15, 0.2) is 0 Å². The molecule has 0 heterocycles. The predicted molar refractivity (Wildman–Crippen MR) is 57.1 cm³/mol. The summed E-state index contributed by atoms with van der Waals surface area (Å²) in [6.45, 7) is 6.85. The maximum atomic E-state index is 2.30. The third kappa shape index (κ3) is 10.0. The minimum Gasteiger partial charge on any atom is -0.0776 e. The highest BCUT2D eigenvalue weighted by molar-refractivity contribution is 4.54. The Labute approximate surface area is 74.4 Å². The van der Waals surface area contributed by atoms with Crippen LogP contribution < -0.4 is 0 Å². The fraction of sp³-hybridized carbons (Fsp3) is 1.00. The second-order valence-corrected chi connectivity index (χ2v) is 2.85. The molecule has 0 fully saturated rings. The van der Waals surface area contributed by atoms with Crippen molar-refractivity contribution in [3.63, 3.8) is 0 Å².